The van der Waals surface area contributed by atoms with E-state index < -0.39 is 6.10 Å². The number of fused-ring (bicyclic) bond motifs is 1. The minimum atomic E-state index is -0.733. The van der Waals surface area contributed by atoms with E-state index >= 15 is 0 Å². The number of hydrogen-bond acceptors (Lipinski definition) is 6. The first-order chi connectivity index (χ1) is 12.9. The second kappa shape index (κ2) is 8.14. The van der Waals surface area contributed by atoms with Crippen molar-refractivity contribution in [2.24, 2.45) is 5.92 Å². The van der Waals surface area contributed by atoms with Gasteiger partial charge in [-0.05, 0) is 38.3 Å². The van der Waals surface area contributed by atoms with E-state index in [1.165, 1.54) is 4.88 Å². The minimum Gasteiger partial charge on any atom is -0.385 e. The summed E-state index contributed by atoms with van der Waals surface area (Å²) < 4.78 is 1.68. The standard InChI is InChI=1S/C19H25N5O2S/c1-11(2)17(25)18-23-22-15-8-7-14(10-24(15)18)19(26)20-9-5-6-16-21-12(3)13(4)27-16/h7-8,10-11,17,25H,5-6,9H2,1-4H3,(H,20,26). The molecule has 3 aromatic rings. The number of hydrogen-bond donors (Lipinski definition) is 2. The zero-order chi connectivity index (χ0) is 19.6. The highest BCUT2D eigenvalue weighted by Crippen LogP contribution is 2.21. The van der Waals surface area contributed by atoms with Crippen LogP contribution in [0.1, 0.15) is 58.1 Å². The first-order valence-corrected chi connectivity index (χ1v) is 9.92. The van der Waals surface area contributed by atoms with Crippen LogP contribution >= 0.6 is 11.3 Å². The van der Waals surface area contributed by atoms with Gasteiger partial charge in [-0.1, -0.05) is 13.8 Å². The highest BCUT2D eigenvalue weighted by molar-refractivity contribution is 7.11. The highest BCUT2D eigenvalue weighted by Gasteiger charge is 2.19. The minimum absolute atomic E-state index is 0.00742. The molecular formula is C19H25N5O2S. The van der Waals surface area contributed by atoms with Crippen LogP contribution in [0.5, 0.6) is 0 Å². The number of amides is 1. The van der Waals surface area contributed by atoms with Gasteiger partial charge >= 0.3 is 0 Å². The largest absolute Gasteiger partial charge is 0.385 e. The van der Waals surface area contributed by atoms with Gasteiger partial charge < -0.3 is 10.4 Å². The van der Waals surface area contributed by atoms with Gasteiger partial charge in [0, 0.05) is 24.0 Å². The molecule has 0 aliphatic carbocycles. The van der Waals surface area contributed by atoms with E-state index in [9.17, 15) is 9.90 Å². The molecule has 0 saturated carbocycles. The number of pyridine rings is 1. The number of nitrogens with one attached hydrogen (secondary N) is 1. The van der Waals surface area contributed by atoms with E-state index in [0.29, 0.717) is 23.6 Å². The van der Waals surface area contributed by atoms with Crippen LogP contribution in [0.4, 0.5) is 0 Å². The first-order valence-electron chi connectivity index (χ1n) is 9.10. The summed E-state index contributed by atoms with van der Waals surface area (Å²) in [6, 6.07) is 3.46. The van der Waals surface area contributed by atoms with E-state index in [1.54, 1.807) is 34.1 Å². The molecule has 0 saturated heterocycles. The van der Waals surface area contributed by atoms with Crippen molar-refractivity contribution in [2.75, 3.05) is 6.54 Å². The van der Waals surface area contributed by atoms with Crippen molar-refractivity contribution in [1.29, 1.82) is 0 Å². The Hall–Kier alpha value is -2.32. The molecule has 1 atom stereocenters. The molecule has 0 fully saturated rings. The van der Waals surface area contributed by atoms with E-state index in [0.717, 1.165) is 23.5 Å². The number of aliphatic hydroxyl groups excluding tert-OH is 1. The van der Waals surface area contributed by atoms with Crippen molar-refractivity contribution < 1.29 is 9.90 Å². The maximum absolute atomic E-state index is 12.5. The maximum Gasteiger partial charge on any atom is 0.252 e. The molecule has 3 rings (SSSR count). The van der Waals surface area contributed by atoms with E-state index in [4.69, 9.17) is 0 Å². The molecule has 0 aromatic carbocycles. The maximum atomic E-state index is 12.5. The summed E-state index contributed by atoms with van der Waals surface area (Å²) in [4.78, 5) is 18.2. The molecule has 27 heavy (non-hydrogen) atoms. The summed E-state index contributed by atoms with van der Waals surface area (Å²) in [5, 5.41) is 22.5. The molecule has 7 nitrogen and oxygen atoms in total. The van der Waals surface area contributed by atoms with Gasteiger partial charge in [0.2, 0.25) is 0 Å². The molecule has 144 valence electrons. The Morgan fingerprint density at radius 1 is 1.30 bits per heavy atom. The number of carbonyl (C=O) groups excluding carboxylic acids is 1. The van der Waals surface area contributed by atoms with Crippen molar-refractivity contribution in [3.8, 4) is 0 Å². The van der Waals surface area contributed by atoms with Gasteiger partial charge in [-0.15, -0.1) is 21.5 Å². The molecule has 0 radical (unpaired) electrons. The smallest absolute Gasteiger partial charge is 0.252 e. The Morgan fingerprint density at radius 3 is 2.74 bits per heavy atom. The van der Waals surface area contributed by atoms with Crippen LogP contribution in [0, 0.1) is 19.8 Å². The topological polar surface area (TPSA) is 92.4 Å². The Morgan fingerprint density at radius 2 is 2.07 bits per heavy atom. The predicted octanol–water partition coefficient (Wildman–Crippen LogP) is 2.85. The molecule has 2 N–H and O–H groups in total. The number of aromatic nitrogens is 4. The second-order valence-electron chi connectivity index (χ2n) is 7.00. The molecule has 0 aliphatic heterocycles. The summed E-state index contributed by atoms with van der Waals surface area (Å²) in [5.41, 5.74) is 2.21. The quantitative estimate of drug-likeness (QED) is 0.608. The van der Waals surface area contributed by atoms with Gasteiger partial charge in [-0.2, -0.15) is 0 Å². The molecule has 3 aromatic heterocycles. The van der Waals surface area contributed by atoms with Gasteiger partial charge in [0.15, 0.2) is 11.5 Å². The second-order valence-corrected chi connectivity index (χ2v) is 8.29. The number of aliphatic hydroxyl groups is 1. The summed E-state index contributed by atoms with van der Waals surface area (Å²) in [6.45, 7) is 8.49. The Bertz CT molecular complexity index is 927. The van der Waals surface area contributed by atoms with E-state index in [-0.39, 0.29) is 11.8 Å². The lowest BCUT2D eigenvalue weighted by molar-refractivity contribution is 0.0952. The fourth-order valence-corrected chi connectivity index (χ4v) is 3.71. The number of thiazole rings is 1. The predicted molar refractivity (Wildman–Crippen MR) is 105 cm³/mol. The van der Waals surface area contributed by atoms with E-state index in [1.807, 2.05) is 20.8 Å². The molecule has 0 aliphatic rings. The first kappa shape index (κ1) is 19.4. The highest BCUT2D eigenvalue weighted by atomic mass is 32.1. The third-order valence-electron chi connectivity index (χ3n) is 4.51. The van der Waals surface area contributed by atoms with Gasteiger partial charge in [0.05, 0.1) is 16.3 Å². The normalized spacial score (nSPS) is 12.7. The molecule has 0 bridgehead atoms. The van der Waals surface area contributed by atoms with Gasteiger partial charge in [-0.25, -0.2) is 4.98 Å². The van der Waals surface area contributed by atoms with Crippen molar-refractivity contribution in [2.45, 2.75) is 46.6 Å². The molecular weight excluding hydrogens is 362 g/mol. The molecule has 8 heteroatoms. The van der Waals surface area contributed by atoms with Crippen molar-refractivity contribution in [3.63, 3.8) is 0 Å². The number of rotatable bonds is 7. The zero-order valence-corrected chi connectivity index (χ0v) is 16.9. The third kappa shape index (κ3) is 4.33. The average molecular weight is 388 g/mol. The SMILES string of the molecule is Cc1nc(CCCNC(=O)c2ccc3nnc(C(O)C(C)C)n3c2)sc1C. The van der Waals surface area contributed by atoms with Crippen molar-refractivity contribution in [3.05, 3.63) is 45.3 Å². The fraction of sp³-hybridized carbons (Fsp3) is 0.474. The van der Waals surface area contributed by atoms with E-state index in [2.05, 4.69) is 27.4 Å². The fourth-order valence-electron chi connectivity index (χ4n) is 2.73. The molecule has 1 amide bonds. The number of aryl methyl sites for hydroxylation is 3. The zero-order valence-electron chi connectivity index (χ0n) is 16.1. The Kier molecular flexibility index (Phi) is 5.86. The molecule has 0 spiro atoms. The molecule has 1 unspecified atom stereocenters. The summed E-state index contributed by atoms with van der Waals surface area (Å²) >= 11 is 1.71. The Balaban J connectivity index is 1.62. The number of nitrogens with zero attached hydrogens (tertiary/aromatic N) is 4. The lowest BCUT2D eigenvalue weighted by Gasteiger charge is -2.12. The van der Waals surface area contributed by atoms with Crippen LogP contribution in [-0.2, 0) is 6.42 Å². The summed E-state index contributed by atoms with van der Waals surface area (Å²) in [5.74, 6) is 0.305. The molecule has 3 heterocycles. The lowest BCUT2D eigenvalue weighted by Crippen LogP contribution is -2.25. The van der Waals surface area contributed by atoms with Crippen LogP contribution in [0.25, 0.3) is 5.65 Å². The van der Waals surface area contributed by atoms with Crippen molar-refractivity contribution >= 4 is 22.9 Å². The Labute approximate surface area is 162 Å². The summed E-state index contributed by atoms with van der Waals surface area (Å²) in [6.07, 6.45) is 2.64. The van der Waals surface area contributed by atoms with Crippen molar-refractivity contribution in [1.82, 2.24) is 24.9 Å². The lowest BCUT2D eigenvalue weighted by atomic mass is 10.1. The van der Waals surface area contributed by atoms with Gasteiger partial charge in [0.1, 0.15) is 6.10 Å². The van der Waals surface area contributed by atoms with Crippen LogP contribution < -0.4 is 5.32 Å². The van der Waals surface area contributed by atoms with Crippen LogP contribution in [0.2, 0.25) is 0 Å². The number of carbonyl (C=O) groups is 1. The van der Waals surface area contributed by atoms with Gasteiger partial charge in [0.25, 0.3) is 5.91 Å². The monoisotopic (exact) mass is 387 g/mol. The third-order valence-corrected chi connectivity index (χ3v) is 5.65. The van der Waals surface area contributed by atoms with Crippen LogP contribution in [0.15, 0.2) is 18.3 Å². The van der Waals surface area contributed by atoms with Crippen LogP contribution in [0.3, 0.4) is 0 Å². The van der Waals surface area contributed by atoms with Gasteiger partial charge in [-0.3, -0.25) is 9.20 Å². The summed E-state index contributed by atoms with van der Waals surface area (Å²) in [7, 11) is 0. The average Bonchev–Trinajstić information content (AvgIpc) is 3.20. The van der Waals surface area contributed by atoms with Crippen LogP contribution in [-0.4, -0.2) is 37.1 Å².